The molecule has 1 saturated heterocycles. The summed E-state index contributed by atoms with van der Waals surface area (Å²) >= 11 is 0. The predicted octanol–water partition coefficient (Wildman–Crippen LogP) is 3.17. The van der Waals surface area contributed by atoms with Crippen LogP contribution in [0, 0.1) is 5.92 Å². The number of hydrogen-bond acceptors (Lipinski definition) is 4. The third kappa shape index (κ3) is 7.27. The lowest BCUT2D eigenvalue weighted by atomic mass is 9.97. The molecule has 0 amide bonds. The third-order valence-electron chi connectivity index (χ3n) is 4.18. The van der Waals surface area contributed by atoms with E-state index in [4.69, 9.17) is 15.2 Å². The number of halogens is 1. The molecule has 6 nitrogen and oxygen atoms in total. The van der Waals surface area contributed by atoms with Gasteiger partial charge in [-0.05, 0) is 64.9 Å². The molecule has 0 bridgehead atoms. The van der Waals surface area contributed by atoms with Crippen molar-refractivity contribution in [2.24, 2.45) is 16.6 Å². The van der Waals surface area contributed by atoms with E-state index in [2.05, 4.69) is 22.3 Å². The number of benzene rings is 1. The Hall–Kier alpha value is -1.22. The van der Waals surface area contributed by atoms with Gasteiger partial charge in [0.25, 0.3) is 0 Å². The minimum Gasteiger partial charge on any atom is -0.494 e. The van der Waals surface area contributed by atoms with Gasteiger partial charge >= 0.3 is 0 Å². The van der Waals surface area contributed by atoms with Crippen molar-refractivity contribution in [2.45, 2.75) is 26.7 Å². The van der Waals surface area contributed by atoms with E-state index in [1.807, 2.05) is 32.0 Å². The highest BCUT2D eigenvalue weighted by atomic mass is 127. The molecule has 1 aromatic rings. The Morgan fingerprint density at radius 3 is 2.56 bits per heavy atom. The predicted molar refractivity (Wildman–Crippen MR) is 115 cm³/mol. The molecule has 1 aliphatic heterocycles. The minimum absolute atomic E-state index is 0. The number of aliphatic imine (C=N–C) groups is 1. The molecule has 0 unspecified atom stereocenters. The van der Waals surface area contributed by atoms with Gasteiger partial charge in [-0.1, -0.05) is 0 Å². The molecule has 0 aliphatic carbocycles. The highest BCUT2D eigenvalue weighted by molar-refractivity contribution is 14.0. The van der Waals surface area contributed by atoms with Crippen LogP contribution in [0.15, 0.2) is 23.2 Å². The summed E-state index contributed by atoms with van der Waals surface area (Å²) in [6, 6.07) is 5.68. The van der Waals surface area contributed by atoms with Gasteiger partial charge < -0.3 is 25.4 Å². The monoisotopic (exact) mass is 462 g/mol. The van der Waals surface area contributed by atoms with Crippen molar-refractivity contribution in [3.8, 4) is 11.5 Å². The molecule has 1 heterocycles. The number of rotatable bonds is 7. The van der Waals surface area contributed by atoms with Crippen molar-refractivity contribution < 1.29 is 9.47 Å². The van der Waals surface area contributed by atoms with Gasteiger partial charge in [-0.15, -0.1) is 24.0 Å². The average molecular weight is 462 g/mol. The topological polar surface area (TPSA) is 72.1 Å². The fourth-order valence-electron chi connectivity index (χ4n) is 2.79. The maximum absolute atomic E-state index is 6.07. The Labute approximate surface area is 168 Å². The van der Waals surface area contributed by atoms with Crippen LogP contribution in [0.2, 0.25) is 0 Å². The number of nitrogens with zero attached hydrogens (tertiary/aromatic N) is 2. The van der Waals surface area contributed by atoms with Crippen molar-refractivity contribution in [1.82, 2.24) is 4.90 Å². The zero-order valence-corrected chi connectivity index (χ0v) is 17.8. The first kappa shape index (κ1) is 21.8. The molecule has 1 fully saturated rings. The van der Waals surface area contributed by atoms with Gasteiger partial charge in [0.2, 0.25) is 0 Å². The SMILES string of the molecule is CCOc1ccc(OCC)c(NC(N)=NCC2CCN(C)CC2)c1.I. The van der Waals surface area contributed by atoms with Gasteiger partial charge in [-0.25, -0.2) is 0 Å². The molecule has 0 saturated carbocycles. The van der Waals surface area contributed by atoms with Crippen molar-refractivity contribution in [1.29, 1.82) is 0 Å². The van der Waals surface area contributed by atoms with Gasteiger partial charge in [-0.3, -0.25) is 4.99 Å². The van der Waals surface area contributed by atoms with Crippen LogP contribution in [0.3, 0.4) is 0 Å². The van der Waals surface area contributed by atoms with E-state index in [0.717, 1.165) is 36.8 Å². The molecular weight excluding hydrogens is 431 g/mol. The largest absolute Gasteiger partial charge is 0.494 e. The second-order valence-electron chi connectivity index (χ2n) is 6.12. The summed E-state index contributed by atoms with van der Waals surface area (Å²) in [5, 5.41) is 3.15. The van der Waals surface area contributed by atoms with Crippen LogP contribution < -0.4 is 20.5 Å². The van der Waals surface area contributed by atoms with E-state index in [0.29, 0.717) is 25.1 Å². The summed E-state index contributed by atoms with van der Waals surface area (Å²) in [6.07, 6.45) is 2.36. The smallest absolute Gasteiger partial charge is 0.193 e. The molecule has 142 valence electrons. The van der Waals surface area contributed by atoms with Gasteiger partial charge in [0.05, 0.1) is 18.9 Å². The van der Waals surface area contributed by atoms with E-state index >= 15 is 0 Å². The number of ether oxygens (including phenoxy) is 2. The highest BCUT2D eigenvalue weighted by Gasteiger charge is 2.16. The van der Waals surface area contributed by atoms with E-state index in [9.17, 15) is 0 Å². The molecule has 0 atom stereocenters. The van der Waals surface area contributed by atoms with Crippen LogP contribution in [-0.2, 0) is 0 Å². The lowest BCUT2D eigenvalue weighted by Crippen LogP contribution is -2.32. The zero-order chi connectivity index (χ0) is 17.4. The van der Waals surface area contributed by atoms with Crippen molar-refractivity contribution in [3.05, 3.63) is 18.2 Å². The standard InChI is InChI=1S/C18H30N4O2.HI/c1-4-23-15-6-7-17(24-5-2)16(12-15)21-18(19)20-13-14-8-10-22(3)11-9-14;/h6-7,12,14H,4-5,8-11,13H2,1-3H3,(H3,19,20,21);1H. The molecule has 0 aromatic heterocycles. The van der Waals surface area contributed by atoms with E-state index in [1.54, 1.807) is 0 Å². The Bertz CT molecular complexity index is 546. The fourth-order valence-corrected chi connectivity index (χ4v) is 2.79. The number of likely N-dealkylation sites (tertiary alicyclic amines) is 1. The molecule has 1 aliphatic rings. The molecule has 0 radical (unpaired) electrons. The third-order valence-corrected chi connectivity index (χ3v) is 4.18. The zero-order valence-electron chi connectivity index (χ0n) is 15.5. The summed E-state index contributed by atoms with van der Waals surface area (Å²) in [6.45, 7) is 8.17. The van der Waals surface area contributed by atoms with Crippen LogP contribution in [0.25, 0.3) is 0 Å². The first-order chi connectivity index (χ1) is 11.6. The summed E-state index contributed by atoms with van der Waals surface area (Å²) in [5.74, 6) is 2.57. The summed E-state index contributed by atoms with van der Waals surface area (Å²) in [4.78, 5) is 6.87. The molecule has 2 rings (SSSR count). The van der Waals surface area contributed by atoms with E-state index in [1.165, 1.54) is 12.8 Å². The van der Waals surface area contributed by atoms with Crippen LogP contribution in [-0.4, -0.2) is 50.8 Å². The summed E-state index contributed by atoms with van der Waals surface area (Å²) in [7, 11) is 2.16. The first-order valence-electron chi connectivity index (χ1n) is 8.77. The van der Waals surface area contributed by atoms with Gasteiger partial charge in [-0.2, -0.15) is 0 Å². The Morgan fingerprint density at radius 1 is 1.24 bits per heavy atom. The van der Waals surface area contributed by atoms with Crippen molar-refractivity contribution in [3.63, 3.8) is 0 Å². The van der Waals surface area contributed by atoms with Crippen molar-refractivity contribution in [2.75, 3.05) is 45.2 Å². The lowest BCUT2D eigenvalue weighted by Gasteiger charge is -2.27. The number of nitrogens with two attached hydrogens (primary N) is 1. The van der Waals surface area contributed by atoms with E-state index in [-0.39, 0.29) is 24.0 Å². The highest BCUT2D eigenvalue weighted by Crippen LogP contribution is 2.29. The molecule has 25 heavy (non-hydrogen) atoms. The van der Waals surface area contributed by atoms with Crippen LogP contribution in [0.4, 0.5) is 5.69 Å². The molecule has 3 N–H and O–H groups in total. The summed E-state index contributed by atoms with van der Waals surface area (Å²) < 4.78 is 11.2. The Morgan fingerprint density at radius 2 is 1.92 bits per heavy atom. The number of hydrogen-bond donors (Lipinski definition) is 2. The Kier molecular flexibility index (Phi) is 9.96. The quantitative estimate of drug-likeness (QED) is 0.370. The average Bonchev–Trinajstić information content (AvgIpc) is 2.57. The number of anilines is 1. The van der Waals surface area contributed by atoms with Crippen LogP contribution in [0.1, 0.15) is 26.7 Å². The van der Waals surface area contributed by atoms with Gasteiger partial charge in [0, 0.05) is 12.6 Å². The fraction of sp³-hybridized carbons (Fsp3) is 0.611. The second-order valence-corrected chi connectivity index (χ2v) is 6.12. The number of nitrogens with one attached hydrogen (secondary N) is 1. The minimum atomic E-state index is 0. The second kappa shape index (κ2) is 11.4. The molecule has 1 aromatic carbocycles. The first-order valence-corrected chi connectivity index (χ1v) is 8.77. The van der Waals surface area contributed by atoms with Crippen LogP contribution in [0.5, 0.6) is 11.5 Å². The molecule has 0 spiro atoms. The summed E-state index contributed by atoms with van der Waals surface area (Å²) in [5.41, 5.74) is 6.86. The normalized spacial score (nSPS) is 16.2. The number of guanidine groups is 1. The van der Waals surface area contributed by atoms with Crippen LogP contribution >= 0.6 is 24.0 Å². The van der Waals surface area contributed by atoms with Gasteiger partial charge in [0.15, 0.2) is 5.96 Å². The van der Waals surface area contributed by atoms with Crippen molar-refractivity contribution >= 4 is 35.6 Å². The number of piperidine rings is 1. The maximum Gasteiger partial charge on any atom is 0.193 e. The molecular formula is C18H31IN4O2. The lowest BCUT2D eigenvalue weighted by molar-refractivity contribution is 0.224. The molecule has 7 heteroatoms. The maximum atomic E-state index is 6.07. The Balaban J connectivity index is 0.00000312. The van der Waals surface area contributed by atoms with E-state index < -0.39 is 0 Å². The van der Waals surface area contributed by atoms with Gasteiger partial charge in [0.1, 0.15) is 11.5 Å².